The van der Waals surface area contributed by atoms with Crippen LogP contribution in [0.4, 0.5) is 13.6 Å². The second-order valence-corrected chi connectivity index (χ2v) is 6.79. The Labute approximate surface area is 171 Å². The van der Waals surface area contributed by atoms with Crippen molar-refractivity contribution in [1.82, 2.24) is 10.2 Å². The molecule has 3 aromatic carbocycles. The predicted molar refractivity (Wildman–Crippen MR) is 106 cm³/mol. The van der Waals surface area contributed by atoms with Crippen LogP contribution >= 0.6 is 0 Å². The number of amides is 3. The Morgan fingerprint density at radius 1 is 0.833 bits per heavy atom. The highest BCUT2D eigenvalue weighted by molar-refractivity contribution is 6.09. The molecule has 1 aliphatic rings. The van der Waals surface area contributed by atoms with Crippen molar-refractivity contribution >= 4 is 11.9 Å². The Bertz CT molecular complexity index is 1020. The molecule has 3 amide bonds. The van der Waals surface area contributed by atoms with E-state index in [4.69, 9.17) is 0 Å². The predicted octanol–water partition coefficient (Wildman–Crippen LogP) is 4.28. The van der Waals surface area contributed by atoms with Crippen molar-refractivity contribution < 1.29 is 23.1 Å². The van der Waals surface area contributed by atoms with Crippen LogP contribution in [0.3, 0.4) is 0 Å². The zero-order chi connectivity index (χ0) is 21.1. The zero-order valence-corrected chi connectivity index (χ0v) is 15.8. The van der Waals surface area contributed by atoms with E-state index < -0.39 is 24.1 Å². The second kappa shape index (κ2) is 7.94. The molecule has 0 saturated carbocycles. The molecule has 0 spiro atoms. The minimum absolute atomic E-state index is 0.0787. The van der Waals surface area contributed by atoms with Crippen molar-refractivity contribution in [2.45, 2.75) is 18.7 Å². The number of alkyl halides is 2. The molecule has 5 nitrogen and oxygen atoms in total. The highest BCUT2D eigenvalue weighted by Gasteiger charge is 2.53. The second-order valence-electron chi connectivity index (χ2n) is 6.79. The number of nitrogens with zero attached hydrogens (tertiary/aromatic N) is 1. The molecular formula is C23H18F2N2O3. The van der Waals surface area contributed by atoms with Gasteiger partial charge >= 0.3 is 12.6 Å². The molecule has 152 valence electrons. The molecule has 0 radical (unpaired) electrons. The molecule has 0 atom stereocenters. The fourth-order valence-electron chi connectivity index (χ4n) is 3.67. The molecule has 0 aromatic heterocycles. The Morgan fingerprint density at radius 3 is 1.93 bits per heavy atom. The summed E-state index contributed by atoms with van der Waals surface area (Å²) in [5.41, 5.74) is 0.111. The molecular weight excluding hydrogens is 390 g/mol. The van der Waals surface area contributed by atoms with E-state index in [1.54, 1.807) is 66.7 Å². The first kappa shape index (κ1) is 19.6. The van der Waals surface area contributed by atoms with Gasteiger partial charge in [0.25, 0.3) is 5.91 Å². The fourth-order valence-corrected chi connectivity index (χ4v) is 3.67. The standard InChI is InChI=1S/C23H18F2N2O3/c24-21(25)30-19-14-8-7-9-16(19)15-27-20(28)23(26-22(27)29,17-10-3-1-4-11-17)18-12-5-2-6-13-18/h1-14,21H,15H2,(H,26,29). The summed E-state index contributed by atoms with van der Waals surface area (Å²) in [6, 6.07) is 23.3. The number of hydrogen-bond donors (Lipinski definition) is 1. The van der Waals surface area contributed by atoms with Gasteiger partial charge in [0.15, 0.2) is 5.54 Å². The van der Waals surface area contributed by atoms with Gasteiger partial charge < -0.3 is 10.1 Å². The van der Waals surface area contributed by atoms with Crippen molar-refractivity contribution in [2.75, 3.05) is 0 Å². The van der Waals surface area contributed by atoms with E-state index >= 15 is 0 Å². The van der Waals surface area contributed by atoms with E-state index in [0.29, 0.717) is 16.7 Å². The van der Waals surface area contributed by atoms with Gasteiger partial charge in [0.1, 0.15) is 5.75 Å². The van der Waals surface area contributed by atoms with E-state index in [1.807, 2.05) is 12.1 Å². The van der Waals surface area contributed by atoms with Crippen molar-refractivity contribution in [3.05, 3.63) is 102 Å². The third-order valence-corrected chi connectivity index (χ3v) is 5.04. The van der Waals surface area contributed by atoms with Crippen molar-refractivity contribution in [1.29, 1.82) is 0 Å². The number of halogens is 2. The van der Waals surface area contributed by atoms with E-state index in [0.717, 1.165) is 4.90 Å². The number of benzene rings is 3. The normalized spacial score (nSPS) is 15.4. The minimum Gasteiger partial charge on any atom is -0.434 e. The maximum atomic E-state index is 13.6. The maximum Gasteiger partial charge on any atom is 0.387 e. The van der Waals surface area contributed by atoms with Crippen LogP contribution in [0.5, 0.6) is 5.75 Å². The summed E-state index contributed by atoms with van der Waals surface area (Å²) >= 11 is 0. The van der Waals surface area contributed by atoms with Crippen LogP contribution in [0.25, 0.3) is 0 Å². The van der Waals surface area contributed by atoms with Crippen molar-refractivity contribution in [3.8, 4) is 5.75 Å². The molecule has 1 saturated heterocycles. The van der Waals surface area contributed by atoms with Gasteiger partial charge in [-0.1, -0.05) is 78.9 Å². The van der Waals surface area contributed by atoms with Crippen LogP contribution in [-0.2, 0) is 16.9 Å². The summed E-state index contributed by atoms with van der Waals surface area (Å²) in [7, 11) is 0. The number of imide groups is 1. The minimum atomic E-state index is -3.01. The SMILES string of the molecule is O=C1NC(c2ccccc2)(c2ccccc2)C(=O)N1Cc1ccccc1OC(F)F. The van der Waals surface area contributed by atoms with Crippen LogP contribution in [-0.4, -0.2) is 23.4 Å². The van der Waals surface area contributed by atoms with Gasteiger partial charge in [0, 0.05) is 5.56 Å². The summed E-state index contributed by atoms with van der Waals surface area (Å²) in [6.45, 7) is -3.21. The average Bonchev–Trinajstić information content (AvgIpc) is 3.01. The van der Waals surface area contributed by atoms with E-state index in [-0.39, 0.29) is 12.3 Å². The average molecular weight is 408 g/mol. The van der Waals surface area contributed by atoms with Crippen LogP contribution in [0.2, 0.25) is 0 Å². The van der Waals surface area contributed by atoms with Crippen LogP contribution in [0.1, 0.15) is 16.7 Å². The van der Waals surface area contributed by atoms with Crippen LogP contribution in [0, 0.1) is 0 Å². The van der Waals surface area contributed by atoms with Crippen molar-refractivity contribution in [2.24, 2.45) is 0 Å². The first-order valence-corrected chi connectivity index (χ1v) is 9.30. The molecule has 30 heavy (non-hydrogen) atoms. The van der Waals surface area contributed by atoms with E-state index in [9.17, 15) is 18.4 Å². The van der Waals surface area contributed by atoms with Gasteiger partial charge in [-0.05, 0) is 17.2 Å². The topological polar surface area (TPSA) is 58.6 Å². The summed E-state index contributed by atoms with van der Waals surface area (Å²) in [5.74, 6) is -0.568. The third kappa shape index (κ3) is 3.39. The third-order valence-electron chi connectivity index (χ3n) is 5.04. The van der Waals surface area contributed by atoms with Gasteiger partial charge in [-0.15, -0.1) is 0 Å². The lowest BCUT2D eigenvalue weighted by Gasteiger charge is -2.28. The number of rotatable bonds is 6. The summed E-state index contributed by atoms with van der Waals surface area (Å²) in [4.78, 5) is 27.5. The number of urea groups is 1. The van der Waals surface area contributed by atoms with Crippen LogP contribution < -0.4 is 10.1 Å². The Balaban J connectivity index is 1.75. The smallest absolute Gasteiger partial charge is 0.387 e. The lowest BCUT2D eigenvalue weighted by Crippen LogP contribution is -2.45. The van der Waals surface area contributed by atoms with Crippen LogP contribution in [0.15, 0.2) is 84.9 Å². The van der Waals surface area contributed by atoms with E-state index in [2.05, 4.69) is 10.1 Å². The Hall–Kier alpha value is -3.74. The number of hydrogen-bond acceptors (Lipinski definition) is 3. The van der Waals surface area contributed by atoms with E-state index in [1.165, 1.54) is 6.07 Å². The fraction of sp³-hybridized carbons (Fsp3) is 0.130. The molecule has 1 fully saturated rings. The van der Waals surface area contributed by atoms with Gasteiger partial charge in [0.2, 0.25) is 0 Å². The number of carbonyl (C=O) groups excluding carboxylic acids is 2. The zero-order valence-electron chi connectivity index (χ0n) is 15.8. The monoisotopic (exact) mass is 408 g/mol. The largest absolute Gasteiger partial charge is 0.434 e. The number of nitrogens with one attached hydrogen (secondary N) is 1. The lowest BCUT2D eigenvalue weighted by atomic mass is 9.82. The summed E-state index contributed by atoms with van der Waals surface area (Å²) < 4.78 is 30.0. The molecule has 3 aromatic rings. The quantitative estimate of drug-likeness (QED) is 0.620. The number of ether oxygens (including phenoxy) is 1. The highest BCUT2D eigenvalue weighted by Crippen LogP contribution is 2.37. The Morgan fingerprint density at radius 2 is 1.37 bits per heavy atom. The lowest BCUT2D eigenvalue weighted by molar-refractivity contribution is -0.130. The van der Waals surface area contributed by atoms with Crippen molar-refractivity contribution in [3.63, 3.8) is 0 Å². The maximum absolute atomic E-state index is 13.6. The Kier molecular flexibility index (Phi) is 5.18. The van der Waals surface area contributed by atoms with Gasteiger partial charge in [-0.3, -0.25) is 9.69 Å². The summed E-state index contributed by atoms with van der Waals surface area (Å²) in [5, 5.41) is 2.83. The molecule has 1 aliphatic heterocycles. The molecule has 0 unspecified atom stereocenters. The molecule has 0 aliphatic carbocycles. The highest BCUT2D eigenvalue weighted by atomic mass is 19.3. The summed E-state index contributed by atoms with van der Waals surface area (Å²) in [6.07, 6.45) is 0. The number of para-hydroxylation sites is 1. The molecule has 1 heterocycles. The molecule has 4 rings (SSSR count). The van der Waals surface area contributed by atoms with Gasteiger partial charge in [-0.2, -0.15) is 8.78 Å². The van der Waals surface area contributed by atoms with Gasteiger partial charge in [0.05, 0.1) is 6.54 Å². The molecule has 0 bridgehead atoms. The molecule has 1 N–H and O–H groups in total. The first-order valence-electron chi connectivity index (χ1n) is 9.30. The number of carbonyl (C=O) groups is 2. The van der Waals surface area contributed by atoms with Gasteiger partial charge in [-0.25, -0.2) is 4.79 Å². The molecule has 7 heteroatoms. The first-order chi connectivity index (χ1) is 14.5.